The van der Waals surface area contributed by atoms with Crippen LogP contribution in [-0.4, -0.2) is 5.16 Å². The molecule has 0 atom stereocenters. The third-order valence-electron chi connectivity index (χ3n) is 3.50. The van der Waals surface area contributed by atoms with Crippen molar-refractivity contribution in [2.45, 2.75) is 34.6 Å². The summed E-state index contributed by atoms with van der Waals surface area (Å²) in [6.45, 7) is 10.2. The van der Waals surface area contributed by atoms with Crippen LogP contribution in [-0.2, 0) is 0 Å². The normalized spacial score (nSPS) is 10.9. The van der Waals surface area contributed by atoms with Gasteiger partial charge >= 0.3 is 0 Å². The fourth-order valence-electron chi connectivity index (χ4n) is 2.11. The standard InChI is InChI=1S/C14H18N2O/c1-7-6-8(2)10(4)12(9(7)3)14-13(15)11(5)16-17-14/h6H,15H2,1-5H3. The molecule has 0 aliphatic heterocycles. The summed E-state index contributed by atoms with van der Waals surface area (Å²) in [4.78, 5) is 0. The fourth-order valence-corrected chi connectivity index (χ4v) is 2.11. The lowest BCUT2D eigenvalue weighted by atomic mass is 9.92. The van der Waals surface area contributed by atoms with Crippen LogP contribution in [0.4, 0.5) is 5.69 Å². The summed E-state index contributed by atoms with van der Waals surface area (Å²) in [6, 6.07) is 2.19. The zero-order valence-corrected chi connectivity index (χ0v) is 11.0. The zero-order valence-electron chi connectivity index (χ0n) is 11.0. The molecule has 90 valence electrons. The van der Waals surface area contributed by atoms with Crippen molar-refractivity contribution in [1.82, 2.24) is 5.16 Å². The monoisotopic (exact) mass is 230 g/mol. The van der Waals surface area contributed by atoms with Gasteiger partial charge in [-0.15, -0.1) is 0 Å². The second-order valence-corrected chi connectivity index (χ2v) is 4.65. The summed E-state index contributed by atoms with van der Waals surface area (Å²) in [7, 11) is 0. The Kier molecular flexibility index (Phi) is 2.69. The minimum atomic E-state index is 0.640. The Labute approximate surface area is 102 Å². The van der Waals surface area contributed by atoms with Gasteiger partial charge in [-0.2, -0.15) is 0 Å². The van der Waals surface area contributed by atoms with Gasteiger partial charge in [0.2, 0.25) is 0 Å². The summed E-state index contributed by atoms with van der Waals surface area (Å²) in [5, 5.41) is 3.93. The smallest absolute Gasteiger partial charge is 0.190 e. The fraction of sp³-hybridized carbons (Fsp3) is 0.357. The van der Waals surface area contributed by atoms with Crippen molar-refractivity contribution in [3.8, 4) is 11.3 Å². The number of rotatable bonds is 1. The van der Waals surface area contributed by atoms with E-state index in [1.54, 1.807) is 0 Å². The highest BCUT2D eigenvalue weighted by Crippen LogP contribution is 2.35. The van der Waals surface area contributed by atoms with E-state index in [2.05, 4.69) is 38.9 Å². The molecule has 0 unspecified atom stereocenters. The van der Waals surface area contributed by atoms with E-state index >= 15 is 0 Å². The first kappa shape index (κ1) is 11.7. The lowest BCUT2D eigenvalue weighted by Crippen LogP contribution is -1.97. The highest BCUT2D eigenvalue weighted by atomic mass is 16.5. The van der Waals surface area contributed by atoms with Crippen LogP contribution in [0.15, 0.2) is 10.6 Å². The second-order valence-electron chi connectivity index (χ2n) is 4.65. The molecule has 0 radical (unpaired) electrons. The maximum Gasteiger partial charge on any atom is 0.190 e. The van der Waals surface area contributed by atoms with Crippen molar-refractivity contribution in [1.29, 1.82) is 0 Å². The molecule has 0 saturated heterocycles. The molecule has 1 heterocycles. The maximum absolute atomic E-state index is 6.02. The van der Waals surface area contributed by atoms with Crippen molar-refractivity contribution >= 4 is 5.69 Å². The molecular weight excluding hydrogens is 212 g/mol. The molecule has 3 nitrogen and oxygen atoms in total. The number of hydrogen-bond acceptors (Lipinski definition) is 3. The highest BCUT2D eigenvalue weighted by Gasteiger charge is 2.18. The van der Waals surface area contributed by atoms with Gasteiger partial charge in [-0.3, -0.25) is 0 Å². The van der Waals surface area contributed by atoms with Crippen molar-refractivity contribution in [3.05, 3.63) is 34.0 Å². The average Bonchev–Trinajstić information content (AvgIpc) is 2.59. The van der Waals surface area contributed by atoms with Gasteiger partial charge in [-0.05, 0) is 56.9 Å². The van der Waals surface area contributed by atoms with Crippen LogP contribution in [0.3, 0.4) is 0 Å². The van der Waals surface area contributed by atoms with Crippen LogP contribution >= 0.6 is 0 Å². The maximum atomic E-state index is 6.02. The predicted molar refractivity (Wildman–Crippen MR) is 70.0 cm³/mol. The quantitative estimate of drug-likeness (QED) is 0.816. The molecule has 0 aliphatic rings. The van der Waals surface area contributed by atoms with E-state index < -0.39 is 0 Å². The van der Waals surface area contributed by atoms with Crippen LogP contribution in [0.1, 0.15) is 27.9 Å². The van der Waals surface area contributed by atoms with Crippen LogP contribution in [0, 0.1) is 34.6 Å². The molecule has 1 aromatic heterocycles. The van der Waals surface area contributed by atoms with Crippen molar-refractivity contribution in [2.75, 3.05) is 5.73 Å². The Bertz CT molecular complexity index is 556. The van der Waals surface area contributed by atoms with Gasteiger partial charge < -0.3 is 10.3 Å². The van der Waals surface area contributed by atoms with Gasteiger partial charge in [0, 0.05) is 5.56 Å². The van der Waals surface area contributed by atoms with Gasteiger partial charge in [-0.1, -0.05) is 11.2 Å². The van der Waals surface area contributed by atoms with E-state index in [0.29, 0.717) is 11.4 Å². The molecule has 0 amide bonds. The van der Waals surface area contributed by atoms with Crippen LogP contribution < -0.4 is 5.73 Å². The van der Waals surface area contributed by atoms with E-state index in [4.69, 9.17) is 10.3 Å². The van der Waals surface area contributed by atoms with E-state index in [9.17, 15) is 0 Å². The lowest BCUT2D eigenvalue weighted by Gasteiger charge is -2.13. The first-order valence-electron chi connectivity index (χ1n) is 5.73. The Balaban J connectivity index is 2.79. The summed E-state index contributed by atoms with van der Waals surface area (Å²) in [5.74, 6) is 0.698. The van der Waals surface area contributed by atoms with Gasteiger partial charge in [0.1, 0.15) is 11.4 Å². The Hall–Kier alpha value is -1.77. The van der Waals surface area contributed by atoms with Crippen molar-refractivity contribution in [2.24, 2.45) is 0 Å². The molecule has 2 rings (SSSR count). The molecule has 0 aliphatic carbocycles. The van der Waals surface area contributed by atoms with Crippen LogP contribution in [0.5, 0.6) is 0 Å². The van der Waals surface area contributed by atoms with Crippen LogP contribution in [0.2, 0.25) is 0 Å². The summed E-state index contributed by atoms with van der Waals surface area (Å²) < 4.78 is 5.38. The summed E-state index contributed by atoms with van der Waals surface area (Å²) >= 11 is 0. The Morgan fingerprint density at radius 2 is 1.53 bits per heavy atom. The van der Waals surface area contributed by atoms with E-state index in [-0.39, 0.29) is 0 Å². The number of nitrogens with two attached hydrogens (primary N) is 1. The number of hydrogen-bond donors (Lipinski definition) is 1. The number of nitrogens with zero attached hydrogens (tertiary/aromatic N) is 1. The highest BCUT2D eigenvalue weighted by molar-refractivity contribution is 5.78. The summed E-state index contributed by atoms with van der Waals surface area (Å²) in [6.07, 6.45) is 0. The Morgan fingerprint density at radius 1 is 1.00 bits per heavy atom. The first-order valence-corrected chi connectivity index (χ1v) is 5.73. The molecule has 3 heteroatoms. The van der Waals surface area contributed by atoms with Gasteiger partial charge in [0.15, 0.2) is 5.76 Å². The van der Waals surface area contributed by atoms with Gasteiger partial charge in [0.05, 0.1) is 0 Å². The zero-order chi connectivity index (χ0) is 12.7. The molecule has 17 heavy (non-hydrogen) atoms. The predicted octanol–water partition coefficient (Wildman–Crippen LogP) is 3.47. The van der Waals surface area contributed by atoms with Gasteiger partial charge in [0.25, 0.3) is 0 Å². The minimum absolute atomic E-state index is 0.640. The largest absolute Gasteiger partial charge is 0.394 e. The van der Waals surface area contributed by atoms with E-state index in [0.717, 1.165) is 11.3 Å². The van der Waals surface area contributed by atoms with Gasteiger partial charge in [-0.25, -0.2) is 0 Å². The minimum Gasteiger partial charge on any atom is -0.394 e. The van der Waals surface area contributed by atoms with Crippen LogP contribution in [0.25, 0.3) is 11.3 Å². The number of aryl methyl sites for hydroxylation is 3. The van der Waals surface area contributed by atoms with E-state index in [1.807, 2.05) is 6.92 Å². The SMILES string of the molecule is Cc1cc(C)c(C)c(-c2onc(C)c2N)c1C. The van der Waals surface area contributed by atoms with E-state index in [1.165, 1.54) is 22.3 Å². The third-order valence-corrected chi connectivity index (χ3v) is 3.50. The number of anilines is 1. The molecule has 1 aromatic carbocycles. The topological polar surface area (TPSA) is 52.0 Å². The Morgan fingerprint density at radius 3 is 1.94 bits per heavy atom. The lowest BCUT2D eigenvalue weighted by molar-refractivity contribution is 0.427. The molecule has 0 fully saturated rings. The molecule has 0 bridgehead atoms. The van der Waals surface area contributed by atoms with Crippen molar-refractivity contribution < 1.29 is 4.52 Å². The third kappa shape index (κ3) is 1.71. The first-order chi connectivity index (χ1) is 7.93. The van der Waals surface area contributed by atoms with Crippen molar-refractivity contribution in [3.63, 3.8) is 0 Å². The molecular formula is C14H18N2O. The number of nitrogen functional groups attached to an aromatic ring is 1. The number of aromatic nitrogens is 1. The second kappa shape index (κ2) is 3.91. The summed E-state index contributed by atoms with van der Waals surface area (Å²) in [5.41, 5.74) is 13.4. The molecule has 0 spiro atoms. The average molecular weight is 230 g/mol. The molecule has 2 N–H and O–H groups in total. The molecule has 2 aromatic rings. The molecule has 0 saturated carbocycles. The number of benzene rings is 1.